The summed E-state index contributed by atoms with van der Waals surface area (Å²) in [4.78, 5) is 42.1. The smallest absolute Gasteiger partial charge is 0.253 e. The van der Waals surface area contributed by atoms with Gasteiger partial charge in [0.05, 0.1) is 18.2 Å². The van der Waals surface area contributed by atoms with Crippen LogP contribution in [0.1, 0.15) is 55.3 Å². The van der Waals surface area contributed by atoms with Crippen LogP contribution < -0.4 is 10.0 Å². The molecule has 1 aromatic carbocycles. The lowest BCUT2D eigenvalue weighted by molar-refractivity contribution is -0.607. The summed E-state index contributed by atoms with van der Waals surface area (Å²) in [5.41, 5.74) is 0.513. The number of carbonyl (C=O) groups excluding carboxylic acids is 3. The van der Waals surface area contributed by atoms with E-state index in [0.717, 1.165) is 52.7 Å². The van der Waals surface area contributed by atoms with Crippen LogP contribution in [0.25, 0.3) is 10.1 Å². The summed E-state index contributed by atoms with van der Waals surface area (Å²) in [7, 11) is -4.12. The van der Waals surface area contributed by atoms with Crippen LogP contribution in [-0.2, 0) is 19.6 Å². The number of thiophene rings is 1. The molecule has 3 unspecified atom stereocenters. The first-order valence-electron chi connectivity index (χ1n) is 14.0. The Morgan fingerprint density at radius 2 is 1.88 bits per heavy atom. The van der Waals surface area contributed by atoms with Crippen LogP contribution in [0.2, 0.25) is 0 Å². The Morgan fingerprint density at radius 1 is 1.10 bits per heavy atom. The minimum atomic E-state index is -4.12. The van der Waals surface area contributed by atoms with Gasteiger partial charge in [-0.25, -0.2) is 8.42 Å². The average Bonchev–Trinajstić information content (AvgIpc) is 3.68. The molecule has 0 bridgehead atoms. The van der Waals surface area contributed by atoms with Crippen molar-refractivity contribution >= 4 is 49.0 Å². The topological polar surface area (TPSA) is 131 Å². The zero-order valence-corrected chi connectivity index (χ0v) is 24.1. The van der Waals surface area contributed by atoms with E-state index >= 15 is 0 Å². The molecule has 3 aliphatic rings. The van der Waals surface area contributed by atoms with Crippen molar-refractivity contribution < 1.29 is 27.5 Å². The van der Waals surface area contributed by atoms with Gasteiger partial charge in [-0.1, -0.05) is 50.3 Å². The van der Waals surface area contributed by atoms with Crippen molar-refractivity contribution in [1.82, 2.24) is 14.5 Å². The fraction of sp³-hybridized carbons (Fsp3) is 0.448. The van der Waals surface area contributed by atoms with E-state index in [2.05, 4.69) is 5.32 Å². The van der Waals surface area contributed by atoms with E-state index in [1.807, 2.05) is 24.3 Å². The highest BCUT2D eigenvalue weighted by Gasteiger charge is 2.54. The lowest BCUT2D eigenvalue weighted by Gasteiger charge is -2.31. The lowest BCUT2D eigenvalue weighted by atomic mass is 9.84. The minimum absolute atomic E-state index is 0.196. The molecule has 3 fully saturated rings. The van der Waals surface area contributed by atoms with Crippen LogP contribution in [0.4, 0.5) is 0 Å². The summed E-state index contributed by atoms with van der Waals surface area (Å²) in [6, 6.07) is 7.82. The van der Waals surface area contributed by atoms with Crippen LogP contribution in [0.5, 0.6) is 0 Å². The van der Waals surface area contributed by atoms with Crippen LogP contribution in [-0.4, -0.2) is 66.4 Å². The molecule has 41 heavy (non-hydrogen) atoms. The second-order valence-electron chi connectivity index (χ2n) is 11.2. The van der Waals surface area contributed by atoms with Crippen molar-refractivity contribution in [3.8, 4) is 0 Å². The maximum absolute atomic E-state index is 14.1. The Labute approximate surface area is 242 Å². The summed E-state index contributed by atoms with van der Waals surface area (Å²) in [6.07, 6.45) is 8.21. The van der Waals surface area contributed by atoms with Gasteiger partial charge in [-0.2, -0.15) is 9.04 Å². The maximum atomic E-state index is 14.1. The molecule has 12 heteroatoms. The van der Waals surface area contributed by atoms with Gasteiger partial charge in [0.1, 0.15) is 17.0 Å². The molecule has 3 atom stereocenters. The number of fused-ring (bicyclic) bond motifs is 2. The molecule has 1 aliphatic carbocycles. The normalized spacial score (nSPS) is 22.6. The van der Waals surface area contributed by atoms with Crippen molar-refractivity contribution in [3.05, 3.63) is 64.9 Å². The quantitative estimate of drug-likeness (QED) is 0.330. The first kappa shape index (κ1) is 27.8. The van der Waals surface area contributed by atoms with E-state index in [0.29, 0.717) is 23.1 Å². The first-order chi connectivity index (χ1) is 19.7. The Kier molecular flexibility index (Phi) is 7.56. The summed E-state index contributed by atoms with van der Waals surface area (Å²) < 4.78 is 29.3. The molecule has 4 heterocycles. The summed E-state index contributed by atoms with van der Waals surface area (Å²) in [5.74, 6) is -0.754. The number of nitrogens with zero attached hydrogens (tertiary/aromatic N) is 3. The van der Waals surface area contributed by atoms with Crippen molar-refractivity contribution in [2.45, 2.75) is 68.0 Å². The molecule has 216 valence electrons. The summed E-state index contributed by atoms with van der Waals surface area (Å²) in [6.45, 7) is -0.156. The number of sulfonamides is 1. The third kappa shape index (κ3) is 5.24. The third-order valence-corrected chi connectivity index (χ3v) is 11.5. The lowest BCUT2D eigenvalue weighted by Crippen LogP contribution is -2.53. The van der Waals surface area contributed by atoms with E-state index in [4.69, 9.17) is 0 Å². The number of carbonyl (C=O) groups is 3. The van der Waals surface area contributed by atoms with Crippen LogP contribution >= 0.6 is 11.3 Å². The molecule has 2 amide bonds. The maximum Gasteiger partial charge on any atom is 0.253 e. The number of aromatic nitrogens is 1. The van der Waals surface area contributed by atoms with E-state index in [1.165, 1.54) is 34.6 Å². The Morgan fingerprint density at radius 3 is 2.66 bits per heavy atom. The number of pyridine rings is 1. The van der Waals surface area contributed by atoms with Crippen LogP contribution in [0.15, 0.2) is 59.1 Å². The number of nitrogens with one attached hydrogen (secondary N) is 1. The number of amides is 2. The number of benzene rings is 1. The molecule has 2 aliphatic heterocycles. The van der Waals surface area contributed by atoms with Crippen LogP contribution in [0, 0.1) is 11.1 Å². The molecular weight excluding hydrogens is 564 g/mol. The number of ketones is 1. The molecule has 1 N–H and O–H groups in total. The molecule has 3 aromatic rings. The standard InChI is InChI=1S/C29H32N4O6S2/c34-25-17-33(41(38,39)20-9-6-13-31(37)16-20)24-12-14-32(27(24)25)29(36)23(15-19-7-2-1-3-8-19)30-28(35)22-18-40-26-11-5-4-10-21(22)26/h4-6,9-11,13,16,18-19,23-24,27H,1-3,7-8,12,14-15,17H2,(H,30,35). The Balaban J connectivity index is 1.25. The van der Waals surface area contributed by atoms with Gasteiger partial charge in [0, 0.05) is 28.1 Å². The second-order valence-corrected chi connectivity index (χ2v) is 14.0. The first-order valence-corrected chi connectivity index (χ1v) is 16.4. The van der Waals surface area contributed by atoms with Gasteiger partial charge in [-0.15, -0.1) is 11.3 Å². The Hall–Kier alpha value is -3.35. The van der Waals surface area contributed by atoms with Gasteiger partial charge >= 0.3 is 0 Å². The van der Waals surface area contributed by atoms with Gasteiger partial charge in [0.25, 0.3) is 5.91 Å². The number of Topliss-reactive ketones (excluding diaryl/α,β-unsaturated/α-hetero) is 1. The van der Waals surface area contributed by atoms with E-state index < -0.39 is 28.1 Å². The molecule has 1 saturated carbocycles. The van der Waals surface area contributed by atoms with E-state index in [9.17, 15) is 28.0 Å². The summed E-state index contributed by atoms with van der Waals surface area (Å²) in [5, 5.41) is 17.4. The fourth-order valence-electron chi connectivity index (χ4n) is 6.63. The number of hydrogen-bond acceptors (Lipinski definition) is 7. The van der Waals surface area contributed by atoms with Gasteiger partial charge < -0.3 is 15.4 Å². The predicted molar refractivity (Wildman–Crippen MR) is 152 cm³/mol. The van der Waals surface area contributed by atoms with Gasteiger partial charge in [0.2, 0.25) is 15.9 Å². The molecular formula is C29H32N4O6S2. The SMILES string of the molecule is O=C(NC(CC1CCCCC1)C(=O)N1CCC2C1C(=O)CN2S(=O)(=O)c1ccc[n+]([O-])c1)c1csc2ccccc12. The largest absolute Gasteiger partial charge is 0.619 e. The highest BCUT2D eigenvalue weighted by atomic mass is 32.2. The van der Waals surface area contributed by atoms with Crippen molar-refractivity contribution in [1.29, 1.82) is 0 Å². The van der Waals surface area contributed by atoms with E-state index in [-0.39, 0.29) is 41.5 Å². The van der Waals surface area contributed by atoms with E-state index in [1.54, 1.807) is 5.38 Å². The monoisotopic (exact) mass is 596 g/mol. The van der Waals surface area contributed by atoms with Crippen molar-refractivity contribution in [2.24, 2.45) is 5.92 Å². The number of likely N-dealkylation sites (tertiary alicyclic amines) is 1. The van der Waals surface area contributed by atoms with Gasteiger partial charge in [0.15, 0.2) is 18.2 Å². The number of hydrogen-bond donors (Lipinski definition) is 1. The van der Waals surface area contributed by atoms with Gasteiger partial charge in [-0.05, 0) is 30.9 Å². The molecule has 0 radical (unpaired) electrons. The minimum Gasteiger partial charge on any atom is -0.619 e. The average molecular weight is 597 g/mol. The second kappa shape index (κ2) is 11.1. The zero-order chi connectivity index (χ0) is 28.7. The third-order valence-electron chi connectivity index (χ3n) is 8.64. The molecule has 6 rings (SSSR count). The fourth-order valence-corrected chi connectivity index (χ4v) is 9.20. The predicted octanol–water partition coefficient (Wildman–Crippen LogP) is 2.85. The molecule has 0 spiro atoms. The highest BCUT2D eigenvalue weighted by Crippen LogP contribution is 2.35. The Bertz CT molecular complexity index is 1600. The highest BCUT2D eigenvalue weighted by molar-refractivity contribution is 7.89. The van der Waals surface area contributed by atoms with Crippen molar-refractivity contribution in [3.63, 3.8) is 0 Å². The van der Waals surface area contributed by atoms with Crippen LogP contribution in [0.3, 0.4) is 0 Å². The van der Waals surface area contributed by atoms with Crippen molar-refractivity contribution in [2.75, 3.05) is 13.1 Å². The molecule has 10 nitrogen and oxygen atoms in total. The number of rotatable bonds is 7. The summed E-state index contributed by atoms with van der Waals surface area (Å²) >= 11 is 1.47. The molecule has 2 saturated heterocycles. The van der Waals surface area contributed by atoms with Gasteiger partial charge in [-0.3, -0.25) is 14.4 Å². The molecule has 2 aromatic heterocycles. The zero-order valence-electron chi connectivity index (χ0n) is 22.5.